The van der Waals surface area contributed by atoms with Gasteiger partial charge in [0.05, 0.1) is 6.61 Å². The van der Waals surface area contributed by atoms with Crippen LogP contribution in [-0.4, -0.2) is 50.8 Å². The van der Waals surface area contributed by atoms with E-state index in [1.807, 2.05) is 0 Å². The van der Waals surface area contributed by atoms with Gasteiger partial charge in [-0.05, 0) is 51.7 Å². The van der Waals surface area contributed by atoms with Crippen molar-refractivity contribution in [1.29, 1.82) is 0 Å². The molecule has 0 heterocycles. The first-order chi connectivity index (χ1) is 7.88. The van der Waals surface area contributed by atoms with E-state index < -0.39 is 0 Å². The van der Waals surface area contributed by atoms with Crippen molar-refractivity contribution >= 4 is 0 Å². The molecule has 0 aromatic rings. The third-order valence-electron chi connectivity index (χ3n) is 3.11. The molecule has 0 saturated heterocycles. The van der Waals surface area contributed by atoms with Crippen molar-refractivity contribution in [3.63, 3.8) is 0 Å². The van der Waals surface area contributed by atoms with Crippen molar-refractivity contribution in [2.75, 3.05) is 39.9 Å². The molecule has 0 aliphatic heterocycles. The van der Waals surface area contributed by atoms with Crippen LogP contribution >= 0.6 is 0 Å². The Morgan fingerprint density at radius 3 is 2.62 bits per heavy atom. The number of hydrogen-bond acceptors (Lipinski definition) is 3. The Bertz CT molecular complexity index is 160. The zero-order valence-corrected chi connectivity index (χ0v) is 11.0. The number of nitrogens with one attached hydrogen (secondary N) is 1. The van der Waals surface area contributed by atoms with E-state index in [4.69, 9.17) is 4.74 Å². The van der Waals surface area contributed by atoms with Gasteiger partial charge in [-0.1, -0.05) is 6.92 Å². The third kappa shape index (κ3) is 6.46. The normalized spacial score (nSPS) is 15.9. The number of unbranched alkanes of at least 4 members (excludes halogenated alkanes) is 1. The molecule has 0 bridgehead atoms. The molecule has 0 unspecified atom stereocenters. The lowest BCUT2D eigenvalue weighted by Crippen LogP contribution is -2.29. The van der Waals surface area contributed by atoms with Crippen LogP contribution in [0.25, 0.3) is 0 Å². The van der Waals surface area contributed by atoms with E-state index in [1.54, 1.807) is 7.11 Å². The van der Waals surface area contributed by atoms with Crippen molar-refractivity contribution in [3.05, 3.63) is 0 Å². The summed E-state index contributed by atoms with van der Waals surface area (Å²) in [6.45, 7) is 7.81. The Balaban J connectivity index is 1.88. The van der Waals surface area contributed by atoms with Gasteiger partial charge < -0.3 is 15.0 Å². The lowest BCUT2D eigenvalue weighted by molar-refractivity contribution is 0.199. The molecule has 3 nitrogen and oxygen atoms in total. The minimum Gasteiger partial charge on any atom is -0.383 e. The monoisotopic (exact) mass is 228 g/mol. The number of ether oxygens (including phenoxy) is 1. The Kier molecular flexibility index (Phi) is 7.81. The molecular weight excluding hydrogens is 200 g/mol. The van der Waals surface area contributed by atoms with Gasteiger partial charge in [-0.2, -0.15) is 0 Å². The van der Waals surface area contributed by atoms with Gasteiger partial charge in [-0.15, -0.1) is 0 Å². The van der Waals surface area contributed by atoms with E-state index >= 15 is 0 Å². The van der Waals surface area contributed by atoms with Gasteiger partial charge in [0.25, 0.3) is 0 Å². The average Bonchev–Trinajstić information content (AvgIpc) is 3.10. The fourth-order valence-corrected chi connectivity index (χ4v) is 2.07. The number of methoxy groups -OCH3 is 1. The van der Waals surface area contributed by atoms with Gasteiger partial charge in [0.2, 0.25) is 0 Å². The molecular formula is C13H28N2O. The molecule has 1 aliphatic carbocycles. The van der Waals surface area contributed by atoms with Crippen molar-refractivity contribution in [3.8, 4) is 0 Å². The molecule has 1 fully saturated rings. The highest BCUT2D eigenvalue weighted by Gasteiger charge is 2.27. The smallest absolute Gasteiger partial charge is 0.0587 e. The SMILES string of the molecule is CCCN(CCCCNCCOC)C1CC1. The van der Waals surface area contributed by atoms with E-state index in [0.717, 1.165) is 25.7 Å². The standard InChI is InChI=1S/C13H28N2O/c1-3-10-15(13-6-7-13)11-5-4-8-14-9-12-16-2/h13-14H,3-12H2,1-2H3. The number of nitrogens with zero attached hydrogens (tertiary/aromatic N) is 1. The summed E-state index contributed by atoms with van der Waals surface area (Å²) in [5.74, 6) is 0. The first-order valence-electron chi connectivity index (χ1n) is 6.82. The summed E-state index contributed by atoms with van der Waals surface area (Å²) >= 11 is 0. The molecule has 0 amide bonds. The number of hydrogen-bond donors (Lipinski definition) is 1. The largest absolute Gasteiger partial charge is 0.383 e. The second-order valence-electron chi connectivity index (χ2n) is 4.72. The van der Waals surface area contributed by atoms with E-state index in [9.17, 15) is 0 Å². The van der Waals surface area contributed by atoms with Crippen molar-refractivity contribution in [2.45, 2.75) is 45.1 Å². The highest BCUT2D eigenvalue weighted by Crippen LogP contribution is 2.26. The quantitative estimate of drug-likeness (QED) is 0.546. The maximum Gasteiger partial charge on any atom is 0.0587 e. The Hall–Kier alpha value is -0.120. The predicted octanol–water partition coefficient (Wildman–Crippen LogP) is 1.88. The molecule has 0 atom stereocenters. The van der Waals surface area contributed by atoms with Crippen LogP contribution in [0.4, 0.5) is 0 Å². The third-order valence-corrected chi connectivity index (χ3v) is 3.11. The predicted molar refractivity (Wildman–Crippen MR) is 68.9 cm³/mol. The molecule has 1 N–H and O–H groups in total. The fourth-order valence-electron chi connectivity index (χ4n) is 2.07. The highest BCUT2D eigenvalue weighted by atomic mass is 16.5. The van der Waals surface area contributed by atoms with Crippen LogP contribution in [0.15, 0.2) is 0 Å². The van der Waals surface area contributed by atoms with Crippen LogP contribution in [-0.2, 0) is 4.74 Å². The molecule has 96 valence electrons. The first-order valence-corrected chi connectivity index (χ1v) is 6.82. The van der Waals surface area contributed by atoms with E-state index in [0.29, 0.717) is 0 Å². The zero-order valence-electron chi connectivity index (χ0n) is 11.0. The Morgan fingerprint density at radius 1 is 1.19 bits per heavy atom. The van der Waals surface area contributed by atoms with Crippen LogP contribution in [0.5, 0.6) is 0 Å². The molecule has 1 saturated carbocycles. The van der Waals surface area contributed by atoms with Gasteiger partial charge in [0.1, 0.15) is 0 Å². The highest BCUT2D eigenvalue weighted by molar-refractivity contribution is 4.84. The first kappa shape index (κ1) is 13.9. The summed E-state index contributed by atoms with van der Waals surface area (Å²) in [7, 11) is 1.75. The molecule has 3 heteroatoms. The maximum absolute atomic E-state index is 4.99. The second-order valence-corrected chi connectivity index (χ2v) is 4.72. The average molecular weight is 228 g/mol. The van der Waals surface area contributed by atoms with Crippen LogP contribution in [0.2, 0.25) is 0 Å². The fraction of sp³-hybridized carbons (Fsp3) is 1.00. The topological polar surface area (TPSA) is 24.5 Å². The second kappa shape index (κ2) is 8.97. The Morgan fingerprint density at radius 2 is 2.00 bits per heavy atom. The molecule has 0 spiro atoms. The molecule has 0 radical (unpaired) electrons. The molecule has 1 rings (SSSR count). The minimum absolute atomic E-state index is 0.823. The summed E-state index contributed by atoms with van der Waals surface area (Å²) in [4.78, 5) is 2.68. The molecule has 16 heavy (non-hydrogen) atoms. The van der Waals surface area contributed by atoms with Gasteiger partial charge in [-0.25, -0.2) is 0 Å². The van der Waals surface area contributed by atoms with Gasteiger partial charge in [-0.3, -0.25) is 0 Å². The van der Waals surface area contributed by atoms with E-state index in [-0.39, 0.29) is 0 Å². The summed E-state index contributed by atoms with van der Waals surface area (Å²) in [6, 6.07) is 0.932. The lowest BCUT2D eigenvalue weighted by atomic mass is 10.2. The van der Waals surface area contributed by atoms with Crippen molar-refractivity contribution in [1.82, 2.24) is 10.2 Å². The van der Waals surface area contributed by atoms with Gasteiger partial charge in [0, 0.05) is 19.7 Å². The van der Waals surface area contributed by atoms with Crippen molar-refractivity contribution in [2.24, 2.45) is 0 Å². The Labute approximate surface area is 101 Å². The minimum atomic E-state index is 0.823. The van der Waals surface area contributed by atoms with Crippen LogP contribution < -0.4 is 5.32 Å². The van der Waals surface area contributed by atoms with Gasteiger partial charge >= 0.3 is 0 Å². The van der Waals surface area contributed by atoms with E-state index in [1.165, 1.54) is 45.2 Å². The van der Waals surface area contributed by atoms with Crippen LogP contribution in [0.3, 0.4) is 0 Å². The summed E-state index contributed by atoms with van der Waals surface area (Å²) < 4.78 is 4.99. The summed E-state index contributed by atoms with van der Waals surface area (Å²) in [6.07, 6.45) is 6.79. The molecule has 0 aromatic heterocycles. The summed E-state index contributed by atoms with van der Waals surface area (Å²) in [5, 5.41) is 3.39. The van der Waals surface area contributed by atoms with Crippen LogP contribution in [0.1, 0.15) is 39.0 Å². The summed E-state index contributed by atoms with van der Waals surface area (Å²) in [5.41, 5.74) is 0. The zero-order chi connectivity index (χ0) is 11.6. The molecule has 1 aliphatic rings. The maximum atomic E-state index is 4.99. The van der Waals surface area contributed by atoms with E-state index in [2.05, 4.69) is 17.1 Å². The molecule has 0 aromatic carbocycles. The van der Waals surface area contributed by atoms with Gasteiger partial charge in [0.15, 0.2) is 0 Å². The lowest BCUT2D eigenvalue weighted by Gasteiger charge is -2.20. The van der Waals surface area contributed by atoms with Crippen molar-refractivity contribution < 1.29 is 4.74 Å². The number of rotatable bonds is 11. The van der Waals surface area contributed by atoms with Crippen LogP contribution in [0, 0.1) is 0 Å².